The van der Waals surface area contributed by atoms with Crippen LogP contribution in [0.4, 0.5) is 0 Å². The third-order valence-corrected chi connectivity index (χ3v) is 2.25. The largest absolute Gasteiger partial charge is 0.481 e. The van der Waals surface area contributed by atoms with Crippen LogP contribution in [0.25, 0.3) is 0 Å². The lowest BCUT2D eigenvalue weighted by Crippen LogP contribution is -2.34. The average molecular weight is 270 g/mol. The minimum Gasteiger partial charge on any atom is -0.481 e. The minimum atomic E-state index is -0.489. The fourth-order valence-corrected chi connectivity index (χ4v) is 1.77. The molecule has 1 amide bonds. The first-order chi connectivity index (χ1) is 7.04. The molecule has 4 nitrogen and oxygen atoms in total. The van der Waals surface area contributed by atoms with Crippen molar-refractivity contribution in [3.63, 3.8) is 0 Å². The normalized spacial score (nSPS) is 9.87. The van der Waals surface area contributed by atoms with E-state index >= 15 is 0 Å². The summed E-state index contributed by atoms with van der Waals surface area (Å²) >= 11 is 17.3. The lowest BCUT2D eigenvalue weighted by Gasteiger charge is -2.09. The fraction of sp³-hybridized carbons (Fsp3) is 0.125. The number of hydrogen-bond donors (Lipinski definition) is 2. The van der Waals surface area contributed by atoms with Crippen LogP contribution in [0, 0.1) is 0 Å². The van der Waals surface area contributed by atoms with E-state index in [-0.39, 0.29) is 22.4 Å². The van der Waals surface area contributed by atoms with E-state index in [1.54, 1.807) is 0 Å². The lowest BCUT2D eigenvalue weighted by molar-refractivity contribution is -0.123. The van der Waals surface area contributed by atoms with E-state index < -0.39 is 5.91 Å². The summed E-state index contributed by atoms with van der Waals surface area (Å²) < 4.78 is 5.06. The standard InChI is InChI=1S/C8H7Cl3N2O2/c9-4-1-5(10)8(6(11)2-4)15-3-7(14)13-12/h1-2H,3,12H2,(H,13,14). The number of rotatable bonds is 3. The molecule has 1 aromatic rings. The van der Waals surface area contributed by atoms with Gasteiger partial charge in [-0.3, -0.25) is 10.2 Å². The van der Waals surface area contributed by atoms with Gasteiger partial charge in [0.1, 0.15) is 0 Å². The van der Waals surface area contributed by atoms with Crippen molar-refractivity contribution in [2.24, 2.45) is 5.84 Å². The van der Waals surface area contributed by atoms with Gasteiger partial charge in [0.2, 0.25) is 0 Å². The lowest BCUT2D eigenvalue weighted by atomic mass is 10.3. The number of carbonyl (C=O) groups excluding carboxylic acids is 1. The highest BCUT2D eigenvalue weighted by atomic mass is 35.5. The Hall–Kier alpha value is -0.680. The smallest absolute Gasteiger partial charge is 0.271 e. The van der Waals surface area contributed by atoms with E-state index in [2.05, 4.69) is 0 Å². The van der Waals surface area contributed by atoms with Crippen molar-refractivity contribution in [3.8, 4) is 5.75 Å². The Morgan fingerprint density at radius 3 is 2.33 bits per heavy atom. The number of halogens is 3. The summed E-state index contributed by atoms with van der Waals surface area (Å²) in [5.41, 5.74) is 1.91. The molecule has 7 heteroatoms. The van der Waals surface area contributed by atoms with E-state index in [0.29, 0.717) is 5.02 Å². The van der Waals surface area contributed by atoms with Crippen molar-refractivity contribution in [2.75, 3.05) is 6.61 Å². The van der Waals surface area contributed by atoms with Crippen LogP contribution < -0.4 is 16.0 Å². The van der Waals surface area contributed by atoms with Gasteiger partial charge in [-0.25, -0.2) is 5.84 Å². The molecule has 3 N–H and O–H groups in total. The van der Waals surface area contributed by atoms with Gasteiger partial charge in [0, 0.05) is 5.02 Å². The molecule has 0 bridgehead atoms. The molecule has 1 rings (SSSR count). The van der Waals surface area contributed by atoms with Crippen LogP contribution >= 0.6 is 34.8 Å². The number of hydrogen-bond acceptors (Lipinski definition) is 3. The molecule has 0 aromatic heterocycles. The highest BCUT2D eigenvalue weighted by molar-refractivity contribution is 6.40. The number of ether oxygens (including phenoxy) is 1. The topological polar surface area (TPSA) is 64.3 Å². The summed E-state index contributed by atoms with van der Waals surface area (Å²) in [5, 5.41) is 0.857. The number of carbonyl (C=O) groups is 1. The first-order valence-electron chi connectivity index (χ1n) is 3.81. The Morgan fingerprint density at radius 1 is 1.33 bits per heavy atom. The summed E-state index contributed by atoms with van der Waals surface area (Å²) in [6, 6.07) is 2.93. The number of nitrogens with one attached hydrogen (secondary N) is 1. The predicted molar refractivity (Wildman–Crippen MR) is 59.3 cm³/mol. The Morgan fingerprint density at radius 2 is 1.87 bits per heavy atom. The summed E-state index contributed by atoms with van der Waals surface area (Å²) in [5.74, 6) is 4.58. The van der Waals surface area contributed by atoms with Gasteiger partial charge in [-0.05, 0) is 12.1 Å². The number of amides is 1. The summed E-state index contributed by atoms with van der Waals surface area (Å²) in [6.45, 7) is -0.266. The van der Waals surface area contributed by atoms with Crippen molar-refractivity contribution in [1.82, 2.24) is 5.43 Å². The zero-order chi connectivity index (χ0) is 11.4. The van der Waals surface area contributed by atoms with Crippen molar-refractivity contribution < 1.29 is 9.53 Å². The van der Waals surface area contributed by atoms with Crippen molar-refractivity contribution >= 4 is 40.7 Å². The molecule has 1 aromatic carbocycles. The van der Waals surface area contributed by atoms with Gasteiger partial charge < -0.3 is 4.74 Å². The highest BCUT2D eigenvalue weighted by Crippen LogP contribution is 2.35. The van der Waals surface area contributed by atoms with Gasteiger partial charge in [0.05, 0.1) is 10.0 Å². The molecule has 0 aliphatic heterocycles. The van der Waals surface area contributed by atoms with Gasteiger partial charge in [-0.1, -0.05) is 34.8 Å². The van der Waals surface area contributed by atoms with Gasteiger partial charge in [0.25, 0.3) is 5.91 Å². The monoisotopic (exact) mass is 268 g/mol. The van der Waals surface area contributed by atoms with Gasteiger partial charge in [-0.15, -0.1) is 0 Å². The second kappa shape index (κ2) is 5.42. The highest BCUT2D eigenvalue weighted by Gasteiger charge is 2.10. The zero-order valence-corrected chi connectivity index (χ0v) is 9.66. The zero-order valence-electron chi connectivity index (χ0n) is 7.39. The molecule has 0 aliphatic carbocycles. The third kappa shape index (κ3) is 3.43. The fourth-order valence-electron chi connectivity index (χ4n) is 0.846. The van der Waals surface area contributed by atoms with Crippen LogP contribution in [0.2, 0.25) is 15.1 Å². The number of nitrogens with two attached hydrogens (primary N) is 1. The third-order valence-electron chi connectivity index (χ3n) is 1.47. The molecule has 0 fully saturated rings. The molecule has 0 radical (unpaired) electrons. The molecule has 0 atom stereocenters. The maximum absolute atomic E-state index is 10.8. The molecular weight excluding hydrogens is 262 g/mol. The van der Waals surface area contributed by atoms with Crippen molar-refractivity contribution in [3.05, 3.63) is 27.2 Å². The Labute approximate surface area is 101 Å². The van der Waals surface area contributed by atoms with Crippen LogP contribution in [-0.4, -0.2) is 12.5 Å². The quantitative estimate of drug-likeness (QED) is 0.501. The van der Waals surface area contributed by atoms with E-state index in [1.165, 1.54) is 12.1 Å². The second-order valence-electron chi connectivity index (χ2n) is 2.55. The summed E-state index contributed by atoms with van der Waals surface area (Å²) in [4.78, 5) is 10.8. The molecule has 0 heterocycles. The Kier molecular flexibility index (Phi) is 4.47. The van der Waals surface area contributed by atoms with Crippen LogP contribution in [0.15, 0.2) is 12.1 Å². The minimum absolute atomic E-state index is 0.200. The molecule has 0 unspecified atom stereocenters. The SMILES string of the molecule is NNC(=O)COc1c(Cl)cc(Cl)cc1Cl. The van der Waals surface area contributed by atoms with E-state index in [9.17, 15) is 4.79 Å². The molecule has 82 valence electrons. The maximum Gasteiger partial charge on any atom is 0.271 e. The second-order valence-corrected chi connectivity index (χ2v) is 3.81. The summed E-state index contributed by atoms with van der Waals surface area (Å²) in [6.07, 6.45) is 0. The maximum atomic E-state index is 10.8. The van der Waals surface area contributed by atoms with Gasteiger partial charge >= 0.3 is 0 Å². The van der Waals surface area contributed by atoms with Crippen LogP contribution in [0.1, 0.15) is 0 Å². The van der Waals surface area contributed by atoms with Crippen LogP contribution in [0.5, 0.6) is 5.75 Å². The van der Waals surface area contributed by atoms with Gasteiger partial charge in [0.15, 0.2) is 12.4 Å². The first kappa shape index (κ1) is 12.4. The molecule has 0 aliphatic rings. The van der Waals surface area contributed by atoms with Crippen molar-refractivity contribution in [1.29, 1.82) is 0 Å². The predicted octanol–water partition coefficient (Wildman–Crippen LogP) is 2.02. The molecule has 0 spiro atoms. The van der Waals surface area contributed by atoms with Crippen molar-refractivity contribution in [2.45, 2.75) is 0 Å². The summed E-state index contributed by atoms with van der Waals surface area (Å²) in [7, 11) is 0. The number of hydrazine groups is 1. The average Bonchev–Trinajstić information content (AvgIpc) is 2.15. The molecule has 15 heavy (non-hydrogen) atoms. The molecule has 0 saturated heterocycles. The van der Waals surface area contributed by atoms with Gasteiger partial charge in [-0.2, -0.15) is 0 Å². The van der Waals surface area contributed by atoms with E-state index in [1.807, 2.05) is 5.43 Å². The van der Waals surface area contributed by atoms with E-state index in [0.717, 1.165) is 0 Å². The first-order valence-corrected chi connectivity index (χ1v) is 4.94. The van der Waals surface area contributed by atoms with Crippen LogP contribution in [-0.2, 0) is 4.79 Å². The molecular formula is C8H7Cl3N2O2. The Bertz CT molecular complexity index is 361. The number of benzene rings is 1. The van der Waals surface area contributed by atoms with E-state index in [4.69, 9.17) is 45.4 Å². The Balaban J connectivity index is 2.81. The molecule has 0 saturated carbocycles. The van der Waals surface area contributed by atoms with Crippen LogP contribution in [0.3, 0.4) is 0 Å².